The maximum Gasteiger partial charge on any atom is 0.331 e. The van der Waals surface area contributed by atoms with Crippen molar-refractivity contribution >= 4 is 18.3 Å². The minimum Gasteiger partial charge on any atom is -0.299 e. The smallest absolute Gasteiger partial charge is 0.299 e. The van der Waals surface area contributed by atoms with Gasteiger partial charge in [0.2, 0.25) is 0 Å². The van der Waals surface area contributed by atoms with Gasteiger partial charge in [0.05, 0.1) is 19.6 Å². The molecule has 0 spiro atoms. The number of fused-ring (bicyclic) bond motifs is 6. The Kier molecular flexibility index (Phi) is 3.56. The van der Waals surface area contributed by atoms with E-state index in [1.807, 2.05) is 0 Å². The van der Waals surface area contributed by atoms with Crippen LogP contribution in [-0.4, -0.2) is 79.3 Å². The van der Waals surface area contributed by atoms with Gasteiger partial charge in [0.1, 0.15) is 0 Å². The van der Waals surface area contributed by atoms with E-state index in [0.717, 1.165) is 39.3 Å². The summed E-state index contributed by atoms with van der Waals surface area (Å²) in [5.74, 6) is 0. The standard InChI is InChI=1S/C9H21ClN4P/c1-11-4-7-14-8-5-12(2)15(11,10)13(3)6-9-14/h4-9H2,1-3H3/q+1. The fourth-order valence-electron chi connectivity index (χ4n) is 2.36. The first-order chi connectivity index (χ1) is 7.05. The zero-order valence-corrected chi connectivity index (χ0v) is 11.5. The van der Waals surface area contributed by atoms with Crippen molar-refractivity contribution in [3.63, 3.8) is 0 Å². The van der Waals surface area contributed by atoms with Crippen LogP contribution in [0.25, 0.3) is 0 Å². The second-order valence-electron chi connectivity index (χ2n) is 4.48. The van der Waals surface area contributed by atoms with Gasteiger partial charge in [-0.2, -0.15) is 0 Å². The Morgan fingerprint density at radius 2 is 1.07 bits per heavy atom. The topological polar surface area (TPSA) is 13.0 Å². The van der Waals surface area contributed by atoms with Gasteiger partial charge >= 0.3 is 7.07 Å². The molecule has 3 saturated heterocycles. The molecule has 0 aromatic rings. The van der Waals surface area contributed by atoms with Crippen molar-refractivity contribution in [1.29, 1.82) is 0 Å². The third-order valence-corrected chi connectivity index (χ3v) is 9.05. The van der Waals surface area contributed by atoms with E-state index in [2.05, 4.69) is 40.1 Å². The zero-order valence-electron chi connectivity index (χ0n) is 9.86. The van der Waals surface area contributed by atoms with Crippen molar-refractivity contribution in [1.82, 2.24) is 18.9 Å². The van der Waals surface area contributed by atoms with Crippen LogP contribution in [-0.2, 0) is 0 Å². The predicted molar refractivity (Wildman–Crippen MR) is 67.1 cm³/mol. The first kappa shape index (κ1) is 12.0. The summed E-state index contributed by atoms with van der Waals surface area (Å²) < 4.78 is 7.04. The van der Waals surface area contributed by atoms with Gasteiger partial charge in [0, 0.05) is 40.8 Å². The van der Waals surface area contributed by atoms with Gasteiger partial charge in [0.25, 0.3) is 0 Å². The summed E-state index contributed by atoms with van der Waals surface area (Å²) in [6.45, 7) is 6.70. The highest BCUT2D eigenvalue weighted by Crippen LogP contribution is 2.70. The second kappa shape index (κ2) is 4.44. The SMILES string of the molecule is CN1CCN2CCN(C)[P+]1(Cl)N(C)CC2. The third kappa shape index (κ3) is 2.04. The quantitative estimate of drug-likeness (QED) is 0.596. The Hall–Kier alpha value is 0.560. The molecule has 0 aromatic heterocycles. The van der Waals surface area contributed by atoms with Crippen LogP contribution in [0.5, 0.6) is 0 Å². The van der Waals surface area contributed by atoms with E-state index < -0.39 is 7.07 Å². The van der Waals surface area contributed by atoms with Crippen LogP contribution in [0, 0.1) is 0 Å². The average molecular weight is 252 g/mol. The normalized spacial score (nSPS) is 41.2. The number of likely N-dealkylation sites (N-methyl/N-ethyl adjacent to an activating group) is 3. The lowest BCUT2D eigenvalue weighted by atomic mass is 10.4. The minimum atomic E-state index is -1.72. The molecule has 0 radical (unpaired) electrons. The summed E-state index contributed by atoms with van der Waals surface area (Å²) in [5, 5.41) is 0. The van der Waals surface area contributed by atoms with E-state index >= 15 is 0 Å². The molecule has 0 aliphatic carbocycles. The molecule has 0 amide bonds. The molecule has 0 saturated carbocycles. The largest absolute Gasteiger partial charge is 0.331 e. The molecule has 2 bridgehead atoms. The van der Waals surface area contributed by atoms with Crippen molar-refractivity contribution in [2.75, 3.05) is 60.4 Å². The molecule has 15 heavy (non-hydrogen) atoms. The van der Waals surface area contributed by atoms with E-state index in [0.29, 0.717) is 0 Å². The van der Waals surface area contributed by atoms with Crippen LogP contribution < -0.4 is 0 Å². The molecular weight excluding hydrogens is 231 g/mol. The summed E-state index contributed by atoms with van der Waals surface area (Å²) in [6, 6.07) is 0. The van der Waals surface area contributed by atoms with E-state index in [1.165, 1.54) is 0 Å². The first-order valence-electron chi connectivity index (χ1n) is 5.51. The first-order valence-corrected chi connectivity index (χ1v) is 8.06. The van der Waals surface area contributed by atoms with Crippen LogP contribution in [0.3, 0.4) is 0 Å². The highest BCUT2D eigenvalue weighted by molar-refractivity contribution is 7.93. The predicted octanol–water partition coefficient (Wildman–Crippen LogP) is 1.03. The van der Waals surface area contributed by atoms with Crippen LogP contribution in [0.15, 0.2) is 0 Å². The lowest BCUT2D eigenvalue weighted by molar-refractivity contribution is 0.187. The number of hydrogen-bond donors (Lipinski definition) is 0. The van der Waals surface area contributed by atoms with E-state index in [9.17, 15) is 0 Å². The van der Waals surface area contributed by atoms with Gasteiger partial charge in [-0.25, -0.2) is 0 Å². The maximum atomic E-state index is 6.90. The molecule has 3 aliphatic rings. The van der Waals surface area contributed by atoms with Crippen molar-refractivity contribution < 1.29 is 0 Å². The van der Waals surface area contributed by atoms with E-state index in [-0.39, 0.29) is 0 Å². The molecule has 6 heteroatoms. The summed E-state index contributed by atoms with van der Waals surface area (Å²) in [5.41, 5.74) is 0. The zero-order chi connectivity index (χ0) is 11.1. The molecular formula is C9H21ClN4P+. The molecule has 0 aromatic carbocycles. The number of nitrogens with zero attached hydrogens (tertiary/aromatic N) is 4. The van der Waals surface area contributed by atoms with Crippen molar-refractivity contribution in [2.45, 2.75) is 0 Å². The maximum absolute atomic E-state index is 6.90. The van der Waals surface area contributed by atoms with Crippen LogP contribution in [0.2, 0.25) is 0 Å². The summed E-state index contributed by atoms with van der Waals surface area (Å²) in [4.78, 5) is 2.53. The summed E-state index contributed by atoms with van der Waals surface area (Å²) in [7, 11) is 4.74. The molecule has 3 aliphatic heterocycles. The van der Waals surface area contributed by atoms with Gasteiger partial charge in [-0.3, -0.25) is 4.90 Å². The highest BCUT2D eigenvalue weighted by atomic mass is 35.7. The van der Waals surface area contributed by atoms with Gasteiger partial charge in [-0.15, -0.1) is 14.0 Å². The van der Waals surface area contributed by atoms with Crippen molar-refractivity contribution in [3.8, 4) is 0 Å². The van der Waals surface area contributed by atoms with Gasteiger partial charge < -0.3 is 0 Å². The fourth-order valence-corrected chi connectivity index (χ4v) is 5.63. The molecule has 0 unspecified atom stereocenters. The molecule has 3 heterocycles. The van der Waals surface area contributed by atoms with E-state index in [4.69, 9.17) is 11.2 Å². The molecule has 0 N–H and O–H groups in total. The lowest BCUT2D eigenvalue weighted by Gasteiger charge is -2.44. The molecule has 88 valence electrons. The Morgan fingerprint density at radius 1 is 0.733 bits per heavy atom. The fraction of sp³-hybridized carbons (Fsp3) is 1.00. The van der Waals surface area contributed by atoms with Crippen molar-refractivity contribution in [3.05, 3.63) is 0 Å². The monoisotopic (exact) mass is 251 g/mol. The van der Waals surface area contributed by atoms with Gasteiger partial charge in [0.15, 0.2) is 11.2 Å². The van der Waals surface area contributed by atoms with Gasteiger partial charge in [-0.1, -0.05) is 0 Å². The Morgan fingerprint density at radius 3 is 1.40 bits per heavy atom. The Labute approximate surface area is 98.0 Å². The second-order valence-corrected chi connectivity index (χ2v) is 8.88. The number of hydrogen-bond acceptors (Lipinski definition) is 4. The van der Waals surface area contributed by atoms with Crippen LogP contribution in [0.1, 0.15) is 0 Å². The van der Waals surface area contributed by atoms with Crippen LogP contribution in [0.4, 0.5) is 0 Å². The number of rotatable bonds is 0. The highest BCUT2D eigenvalue weighted by Gasteiger charge is 2.53. The van der Waals surface area contributed by atoms with Crippen LogP contribution >= 0.6 is 18.3 Å². The minimum absolute atomic E-state index is 1.08. The average Bonchev–Trinajstić information content (AvgIpc) is 2.22. The van der Waals surface area contributed by atoms with Crippen molar-refractivity contribution in [2.24, 2.45) is 0 Å². The summed E-state index contributed by atoms with van der Waals surface area (Å²) in [6.07, 6.45) is 0. The van der Waals surface area contributed by atoms with Gasteiger partial charge in [-0.05, 0) is 0 Å². The summed E-state index contributed by atoms with van der Waals surface area (Å²) >= 11 is 6.90. The third-order valence-electron chi connectivity index (χ3n) is 3.52. The Balaban J connectivity index is 2.29. The Bertz CT molecular complexity index is 204. The molecule has 4 nitrogen and oxygen atoms in total. The number of halogens is 1. The lowest BCUT2D eigenvalue weighted by Crippen LogP contribution is -2.52. The molecule has 0 atom stereocenters. The van der Waals surface area contributed by atoms with E-state index in [1.54, 1.807) is 0 Å². The molecule has 3 rings (SSSR count). The molecule has 3 fully saturated rings.